The van der Waals surface area contributed by atoms with E-state index in [0.717, 1.165) is 6.42 Å². The highest BCUT2D eigenvalue weighted by atomic mass is 16.5. The molecule has 1 fully saturated rings. The maximum atomic E-state index is 11.8. The molecule has 1 amide bonds. The third-order valence-electron chi connectivity index (χ3n) is 3.74. The molecule has 2 N–H and O–H groups in total. The smallest absolute Gasteiger partial charge is 0.237 e. The summed E-state index contributed by atoms with van der Waals surface area (Å²) in [5.74, 6) is 0.0664. The van der Waals surface area contributed by atoms with Gasteiger partial charge in [0, 0.05) is 24.6 Å². The molecule has 0 aromatic rings. The van der Waals surface area contributed by atoms with Gasteiger partial charge in [0.1, 0.15) is 0 Å². The van der Waals surface area contributed by atoms with Crippen molar-refractivity contribution in [2.24, 2.45) is 5.41 Å². The standard InChI is InChI=1S/C13H26N2O2/c1-8(2)14-12(16)9(3)15-10-7-11(17-6)13(10,4)5/h8-11,15H,7H2,1-6H3,(H,14,16). The number of ether oxygens (including phenoxy) is 1. The van der Waals surface area contributed by atoms with Crippen LogP contribution in [0.15, 0.2) is 0 Å². The van der Waals surface area contributed by atoms with E-state index < -0.39 is 0 Å². The minimum Gasteiger partial charge on any atom is -0.381 e. The summed E-state index contributed by atoms with van der Waals surface area (Å²) in [6, 6.07) is 0.382. The minimum atomic E-state index is -0.153. The largest absolute Gasteiger partial charge is 0.381 e. The molecule has 0 spiro atoms. The highest BCUT2D eigenvalue weighted by Crippen LogP contribution is 2.42. The van der Waals surface area contributed by atoms with Gasteiger partial charge < -0.3 is 15.4 Å². The number of carbonyl (C=O) groups excluding carboxylic acids is 1. The summed E-state index contributed by atoms with van der Waals surface area (Å²) in [6.45, 7) is 10.2. The van der Waals surface area contributed by atoms with Crippen molar-refractivity contribution in [3.05, 3.63) is 0 Å². The van der Waals surface area contributed by atoms with Crippen LogP contribution in [0.4, 0.5) is 0 Å². The van der Waals surface area contributed by atoms with Crippen LogP contribution in [-0.2, 0) is 9.53 Å². The molecule has 1 aliphatic rings. The Balaban J connectivity index is 2.43. The van der Waals surface area contributed by atoms with Crippen molar-refractivity contribution >= 4 is 5.91 Å². The molecule has 100 valence electrons. The monoisotopic (exact) mass is 242 g/mol. The Morgan fingerprint density at radius 3 is 2.35 bits per heavy atom. The van der Waals surface area contributed by atoms with Crippen LogP contribution in [0.2, 0.25) is 0 Å². The van der Waals surface area contributed by atoms with E-state index in [-0.39, 0.29) is 23.4 Å². The summed E-state index contributed by atoms with van der Waals surface area (Å²) in [6.07, 6.45) is 1.27. The summed E-state index contributed by atoms with van der Waals surface area (Å²) in [5, 5.41) is 6.30. The van der Waals surface area contributed by atoms with Crippen molar-refractivity contribution in [3.8, 4) is 0 Å². The van der Waals surface area contributed by atoms with Gasteiger partial charge in [0.05, 0.1) is 12.1 Å². The van der Waals surface area contributed by atoms with Gasteiger partial charge in [-0.3, -0.25) is 4.79 Å². The first kappa shape index (κ1) is 14.5. The predicted octanol–water partition coefficient (Wildman–Crippen LogP) is 1.30. The lowest BCUT2D eigenvalue weighted by Gasteiger charge is -2.52. The van der Waals surface area contributed by atoms with Gasteiger partial charge >= 0.3 is 0 Å². The number of hydrogen-bond acceptors (Lipinski definition) is 3. The Bertz CT molecular complexity index is 277. The highest BCUT2D eigenvalue weighted by Gasteiger charge is 2.49. The number of methoxy groups -OCH3 is 1. The van der Waals surface area contributed by atoms with Gasteiger partial charge in [-0.05, 0) is 27.2 Å². The van der Waals surface area contributed by atoms with Crippen LogP contribution in [0, 0.1) is 5.41 Å². The second kappa shape index (κ2) is 5.36. The van der Waals surface area contributed by atoms with Gasteiger partial charge in [-0.1, -0.05) is 13.8 Å². The molecule has 1 saturated carbocycles. The van der Waals surface area contributed by atoms with Crippen LogP contribution in [0.3, 0.4) is 0 Å². The Labute approximate surface area is 104 Å². The van der Waals surface area contributed by atoms with Gasteiger partial charge in [-0.25, -0.2) is 0 Å². The van der Waals surface area contributed by atoms with Crippen LogP contribution in [0.1, 0.15) is 41.0 Å². The third kappa shape index (κ3) is 3.19. The fraction of sp³-hybridized carbons (Fsp3) is 0.923. The van der Waals surface area contributed by atoms with Gasteiger partial charge in [0.15, 0.2) is 0 Å². The lowest BCUT2D eigenvalue weighted by atomic mass is 9.64. The molecule has 1 rings (SSSR count). The van der Waals surface area contributed by atoms with Gasteiger partial charge in [-0.2, -0.15) is 0 Å². The molecule has 4 nitrogen and oxygen atoms in total. The van der Waals surface area contributed by atoms with E-state index in [0.29, 0.717) is 12.1 Å². The second-order valence-corrected chi connectivity index (χ2v) is 5.89. The zero-order chi connectivity index (χ0) is 13.2. The predicted molar refractivity (Wildman–Crippen MR) is 68.9 cm³/mol. The van der Waals surface area contributed by atoms with Gasteiger partial charge in [0.25, 0.3) is 0 Å². The Morgan fingerprint density at radius 1 is 1.35 bits per heavy atom. The molecule has 0 bridgehead atoms. The van der Waals surface area contributed by atoms with Crippen molar-refractivity contribution in [2.75, 3.05) is 7.11 Å². The van der Waals surface area contributed by atoms with E-state index in [2.05, 4.69) is 24.5 Å². The van der Waals surface area contributed by atoms with E-state index in [1.807, 2.05) is 20.8 Å². The molecular weight excluding hydrogens is 216 g/mol. The van der Waals surface area contributed by atoms with Crippen LogP contribution in [0.25, 0.3) is 0 Å². The van der Waals surface area contributed by atoms with Crippen molar-refractivity contribution in [2.45, 2.75) is 65.3 Å². The SMILES string of the molecule is COC1CC(NC(C)C(=O)NC(C)C)C1(C)C. The lowest BCUT2D eigenvalue weighted by molar-refractivity contribution is -0.127. The number of hydrogen-bond donors (Lipinski definition) is 2. The van der Waals surface area contributed by atoms with Crippen molar-refractivity contribution < 1.29 is 9.53 Å². The molecule has 4 heteroatoms. The Hall–Kier alpha value is -0.610. The maximum absolute atomic E-state index is 11.8. The first-order chi connectivity index (χ1) is 7.78. The summed E-state index contributed by atoms with van der Waals surface area (Å²) in [7, 11) is 1.75. The van der Waals surface area contributed by atoms with E-state index in [1.165, 1.54) is 0 Å². The molecule has 0 aromatic heterocycles. The van der Waals surface area contributed by atoms with E-state index in [4.69, 9.17) is 4.74 Å². The fourth-order valence-corrected chi connectivity index (χ4v) is 2.36. The van der Waals surface area contributed by atoms with Crippen LogP contribution in [0.5, 0.6) is 0 Å². The van der Waals surface area contributed by atoms with Crippen LogP contribution < -0.4 is 10.6 Å². The number of nitrogens with one attached hydrogen (secondary N) is 2. The molecule has 17 heavy (non-hydrogen) atoms. The van der Waals surface area contributed by atoms with Crippen molar-refractivity contribution in [1.82, 2.24) is 10.6 Å². The molecule has 0 heterocycles. The Kier molecular flexibility index (Phi) is 4.55. The molecule has 3 unspecified atom stereocenters. The fourth-order valence-electron chi connectivity index (χ4n) is 2.36. The van der Waals surface area contributed by atoms with E-state index in [1.54, 1.807) is 7.11 Å². The molecule has 0 aromatic carbocycles. The van der Waals surface area contributed by atoms with Crippen LogP contribution >= 0.6 is 0 Å². The molecule has 0 radical (unpaired) electrons. The van der Waals surface area contributed by atoms with Gasteiger partial charge in [-0.15, -0.1) is 0 Å². The second-order valence-electron chi connectivity index (χ2n) is 5.89. The number of rotatable bonds is 5. The van der Waals surface area contributed by atoms with E-state index in [9.17, 15) is 4.79 Å². The first-order valence-corrected chi connectivity index (χ1v) is 6.38. The summed E-state index contributed by atoms with van der Waals surface area (Å²) in [5.41, 5.74) is 0.0983. The molecule has 1 aliphatic carbocycles. The third-order valence-corrected chi connectivity index (χ3v) is 3.74. The topological polar surface area (TPSA) is 50.4 Å². The first-order valence-electron chi connectivity index (χ1n) is 6.38. The molecule has 0 saturated heterocycles. The van der Waals surface area contributed by atoms with Crippen molar-refractivity contribution in [1.29, 1.82) is 0 Å². The average Bonchev–Trinajstić information content (AvgIpc) is 2.22. The van der Waals surface area contributed by atoms with Crippen molar-refractivity contribution in [3.63, 3.8) is 0 Å². The molecule has 3 atom stereocenters. The number of carbonyl (C=O) groups is 1. The summed E-state index contributed by atoms with van der Waals surface area (Å²) < 4.78 is 5.40. The summed E-state index contributed by atoms with van der Waals surface area (Å²) >= 11 is 0. The quantitative estimate of drug-likeness (QED) is 0.764. The zero-order valence-corrected chi connectivity index (χ0v) is 11.8. The van der Waals surface area contributed by atoms with Crippen LogP contribution in [-0.4, -0.2) is 37.2 Å². The van der Waals surface area contributed by atoms with E-state index >= 15 is 0 Å². The maximum Gasteiger partial charge on any atom is 0.237 e. The average molecular weight is 242 g/mol. The Morgan fingerprint density at radius 2 is 1.94 bits per heavy atom. The van der Waals surface area contributed by atoms with Gasteiger partial charge in [0.2, 0.25) is 5.91 Å². The molecular formula is C13H26N2O2. The highest BCUT2D eigenvalue weighted by molar-refractivity contribution is 5.81. The normalized spacial score (nSPS) is 28.6. The zero-order valence-electron chi connectivity index (χ0n) is 11.8. The molecule has 0 aliphatic heterocycles. The lowest BCUT2D eigenvalue weighted by Crippen LogP contribution is -2.64. The number of amides is 1. The summed E-state index contributed by atoms with van der Waals surface area (Å²) in [4.78, 5) is 11.8. The minimum absolute atomic E-state index is 0.0664.